The van der Waals surface area contributed by atoms with Gasteiger partial charge in [-0.05, 0) is 25.1 Å². The van der Waals surface area contributed by atoms with Gasteiger partial charge in [0.05, 0.1) is 10.5 Å². The minimum atomic E-state index is -0.619. The van der Waals surface area contributed by atoms with Gasteiger partial charge in [-0.3, -0.25) is 9.78 Å². The molecule has 21 heavy (non-hydrogen) atoms. The minimum absolute atomic E-state index is 0.151. The molecule has 5 nitrogen and oxygen atoms in total. The molecule has 104 valence electrons. The zero-order valence-corrected chi connectivity index (χ0v) is 11.9. The van der Waals surface area contributed by atoms with E-state index in [1.54, 1.807) is 24.4 Å². The largest absolute Gasteiger partial charge is 0.364 e. The lowest BCUT2D eigenvalue weighted by Crippen LogP contribution is -2.15. The molecule has 0 saturated carbocycles. The summed E-state index contributed by atoms with van der Waals surface area (Å²) in [5, 5.41) is 0.984. The van der Waals surface area contributed by atoms with Crippen molar-refractivity contribution in [2.24, 2.45) is 5.73 Å². The van der Waals surface area contributed by atoms with E-state index in [0.717, 1.165) is 5.69 Å². The first-order chi connectivity index (χ1) is 10.1. The molecule has 0 saturated heterocycles. The molecule has 3 rings (SSSR count). The van der Waals surface area contributed by atoms with Gasteiger partial charge < -0.3 is 5.73 Å². The number of hydrogen-bond donors (Lipinski definition) is 1. The summed E-state index contributed by atoms with van der Waals surface area (Å²) >= 11 is 6.16. The van der Waals surface area contributed by atoms with Crippen molar-refractivity contribution in [1.82, 2.24) is 15.0 Å². The van der Waals surface area contributed by atoms with Crippen molar-refractivity contribution in [3.8, 4) is 11.4 Å². The van der Waals surface area contributed by atoms with E-state index in [1.807, 2.05) is 19.1 Å². The number of nitrogens with zero attached hydrogens (tertiary/aromatic N) is 3. The lowest BCUT2D eigenvalue weighted by molar-refractivity contribution is 0.0997. The molecule has 0 aliphatic rings. The molecule has 2 N–H and O–H groups in total. The number of para-hydroxylation sites is 1. The number of benzene rings is 1. The standard InChI is InChI=1S/C15H11ClN4O/c1-8-5-6-9(7-18-8)15-19-12-10(3-2-4-11(12)16)13(20-15)14(17)21/h2-7H,1H3,(H2,17,21). The Morgan fingerprint density at radius 2 is 2.00 bits per heavy atom. The van der Waals surface area contributed by atoms with Crippen molar-refractivity contribution in [1.29, 1.82) is 0 Å². The Kier molecular flexibility index (Phi) is 3.27. The average molecular weight is 299 g/mol. The quantitative estimate of drug-likeness (QED) is 0.788. The van der Waals surface area contributed by atoms with Crippen LogP contribution in [0.1, 0.15) is 16.2 Å². The smallest absolute Gasteiger partial charge is 0.268 e. The summed E-state index contributed by atoms with van der Waals surface area (Å²) in [6.45, 7) is 1.89. The molecule has 0 spiro atoms. The van der Waals surface area contributed by atoms with Crippen molar-refractivity contribution in [3.05, 3.63) is 52.9 Å². The summed E-state index contributed by atoms with van der Waals surface area (Å²) in [7, 11) is 0. The molecule has 2 heterocycles. The van der Waals surface area contributed by atoms with Crippen LogP contribution in [-0.4, -0.2) is 20.9 Å². The van der Waals surface area contributed by atoms with Crippen LogP contribution in [0.3, 0.4) is 0 Å². The van der Waals surface area contributed by atoms with Gasteiger partial charge in [0.25, 0.3) is 5.91 Å². The Labute approximate surface area is 125 Å². The van der Waals surface area contributed by atoms with Gasteiger partial charge in [0.1, 0.15) is 5.69 Å². The van der Waals surface area contributed by atoms with E-state index in [4.69, 9.17) is 17.3 Å². The molecule has 0 bridgehead atoms. The van der Waals surface area contributed by atoms with Crippen LogP contribution in [0.25, 0.3) is 22.3 Å². The molecule has 0 unspecified atom stereocenters. The van der Waals surface area contributed by atoms with Gasteiger partial charge in [-0.15, -0.1) is 0 Å². The number of amides is 1. The predicted molar refractivity (Wildman–Crippen MR) is 81.0 cm³/mol. The van der Waals surface area contributed by atoms with E-state index in [0.29, 0.717) is 27.3 Å². The number of primary amides is 1. The molecule has 0 aliphatic heterocycles. The van der Waals surface area contributed by atoms with Gasteiger partial charge in [-0.1, -0.05) is 23.7 Å². The van der Waals surface area contributed by atoms with E-state index >= 15 is 0 Å². The number of halogens is 1. The first-order valence-electron chi connectivity index (χ1n) is 6.25. The molecule has 3 aromatic rings. The second kappa shape index (κ2) is 5.10. The summed E-state index contributed by atoms with van der Waals surface area (Å²) in [6, 6.07) is 8.84. The summed E-state index contributed by atoms with van der Waals surface area (Å²) < 4.78 is 0. The fourth-order valence-electron chi connectivity index (χ4n) is 2.03. The molecule has 0 atom stereocenters. The van der Waals surface area contributed by atoms with Gasteiger partial charge in [-0.25, -0.2) is 9.97 Å². The Bertz CT molecular complexity index is 846. The zero-order chi connectivity index (χ0) is 15.0. The van der Waals surface area contributed by atoms with Crippen molar-refractivity contribution < 1.29 is 4.79 Å². The van der Waals surface area contributed by atoms with Crippen molar-refractivity contribution in [2.45, 2.75) is 6.92 Å². The highest BCUT2D eigenvalue weighted by molar-refractivity contribution is 6.35. The SMILES string of the molecule is Cc1ccc(-c2nc(C(N)=O)c3cccc(Cl)c3n2)cn1. The number of aryl methyl sites for hydroxylation is 1. The third-order valence-electron chi connectivity index (χ3n) is 3.08. The summed E-state index contributed by atoms with van der Waals surface area (Å²) in [5.41, 5.74) is 7.64. The average Bonchev–Trinajstić information content (AvgIpc) is 2.47. The van der Waals surface area contributed by atoms with Crippen molar-refractivity contribution >= 4 is 28.4 Å². The van der Waals surface area contributed by atoms with Gasteiger partial charge >= 0.3 is 0 Å². The number of carbonyl (C=O) groups is 1. The second-order valence-electron chi connectivity index (χ2n) is 4.58. The number of fused-ring (bicyclic) bond motifs is 1. The highest BCUT2D eigenvalue weighted by atomic mass is 35.5. The normalized spacial score (nSPS) is 10.8. The van der Waals surface area contributed by atoms with E-state index in [1.165, 1.54) is 0 Å². The zero-order valence-electron chi connectivity index (χ0n) is 11.2. The molecule has 1 amide bonds. The first-order valence-corrected chi connectivity index (χ1v) is 6.63. The van der Waals surface area contributed by atoms with Crippen LogP contribution >= 0.6 is 11.6 Å². The highest BCUT2D eigenvalue weighted by Gasteiger charge is 2.15. The third-order valence-corrected chi connectivity index (χ3v) is 3.39. The van der Waals surface area contributed by atoms with Crippen LogP contribution in [0.5, 0.6) is 0 Å². The van der Waals surface area contributed by atoms with Gasteiger partial charge in [0.2, 0.25) is 0 Å². The molecular formula is C15H11ClN4O. The van der Waals surface area contributed by atoms with Gasteiger partial charge in [-0.2, -0.15) is 0 Å². The second-order valence-corrected chi connectivity index (χ2v) is 4.99. The number of hydrogen-bond acceptors (Lipinski definition) is 4. The highest BCUT2D eigenvalue weighted by Crippen LogP contribution is 2.26. The lowest BCUT2D eigenvalue weighted by Gasteiger charge is -2.07. The Morgan fingerprint density at radius 1 is 1.19 bits per heavy atom. The van der Waals surface area contributed by atoms with E-state index in [2.05, 4.69) is 15.0 Å². The molecule has 0 radical (unpaired) electrons. The fraction of sp³-hybridized carbons (Fsp3) is 0.0667. The Hall–Kier alpha value is -2.53. The summed E-state index contributed by atoms with van der Waals surface area (Å²) in [6.07, 6.45) is 1.65. The summed E-state index contributed by atoms with van der Waals surface area (Å²) in [5.74, 6) is -0.247. The molecule has 2 aromatic heterocycles. The number of carbonyl (C=O) groups excluding carboxylic acids is 1. The lowest BCUT2D eigenvalue weighted by atomic mass is 10.1. The van der Waals surface area contributed by atoms with E-state index in [-0.39, 0.29) is 5.69 Å². The molecule has 1 aromatic carbocycles. The molecular weight excluding hydrogens is 288 g/mol. The van der Waals surface area contributed by atoms with Crippen LogP contribution in [0.4, 0.5) is 0 Å². The van der Waals surface area contributed by atoms with Crippen LogP contribution in [0.15, 0.2) is 36.5 Å². The van der Waals surface area contributed by atoms with Crippen molar-refractivity contribution in [2.75, 3.05) is 0 Å². The maximum Gasteiger partial charge on any atom is 0.268 e. The molecule has 0 aliphatic carbocycles. The summed E-state index contributed by atoms with van der Waals surface area (Å²) in [4.78, 5) is 24.5. The number of rotatable bonds is 2. The Balaban J connectivity index is 2.32. The van der Waals surface area contributed by atoms with Crippen LogP contribution in [-0.2, 0) is 0 Å². The Morgan fingerprint density at radius 3 is 2.67 bits per heavy atom. The van der Waals surface area contributed by atoms with Gasteiger partial charge in [0, 0.05) is 22.8 Å². The topological polar surface area (TPSA) is 81.8 Å². The number of aromatic nitrogens is 3. The first kappa shape index (κ1) is 13.5. The monoisotopic (exact) mass is 298 g/mol. The van der Waals surface area contributed by atoms with E-state index in [9.17, 15) is 4.79 Å². The number of nitrogens with two attached hydrogens (primary N) is 1. The van der Waals surface area contributed by atoms with Crippen molar-refractivity contribution in [3.63, 3.8) is 0 Å². The maximum atomic E-state index is 11.6. The molecule has 0 fully saturated rings. The van der Waals surface area contributed by atoms with Crippen LogP contribution < -0.4 is 5.73 Å². The third kappa shape index (κ3) is 2.43. The molecule has 6 heteroatoms. The van der Waals surface area contributed by atoms with Crippen LogP contribution in [0, 0.1) is 6.92 Å². The predicted octanol–water partition coefficient (Wildman–Crippen LogP) is 2.75. The number of pyridine rings is 1. The fourth-order valence-corrected chi connectivity index (χ4v) is 2.25. The van der Waals surface area contributed by atoms with Crippen LogP contribution in [0.2, 0.25) is 5.02 Å². The maximum absolute atomic E-state index is 11.6. The van der Waals surface area contributed by atoms with Gasteiger partial charge in [0.15, 0.2) is 5.82 Å². The minimum Gasteiger partial charge on any atom is -0.364 e. The van der Waals surface area contributed by atoms with E-state index < -0.39 is 5.91 Å².